The maximum atomic E-state index is 4.61. The average Bonchev–Trinajstić information content (AvgIpc) is 2.75. The molecule has 1 N–H and O–H groups in total. The third-order valence-electron chi connectivity index (χ3n) is 4.51. The highest BCUT2D eigenvalue weighted by Gasteiger charge is 2.09. The summed E-state index contributed by atoms with van der Waals surface area (Å²) in [5, 5.41) is 3.45. The number of nitrogens with one attached hydrogen (secondary N) is 1. The Morgan fingerprint density at radius 3 is 2.30 bits per heavy atom. The number of allylic oxidation sites excluding steroid dienone is 5. The van der Waals surface area contributed by atoms with E-state index in [-0.39, 0.29) is 6.04 Å². The van der Waals surface area contributed by atoms with E-state index in [0.717, 1.165) is 35.5 Å². The van der Waals surface area contributed by atoms with Gasteiger partial charge in [-0.15, -0.1) is 0 Å². The van der Waals surface area contributed by atoms with Crippen molar-refractivity contribution in [3.8, 4) is 0 Å². The molecular weight excluding hydrogens is 368 g/mol. The highest BCUT2D eigenvalue weighted by molar-refractivity contribution is 5.93. The molecule has 0 aliphatic rings. The zero-order chi connectivity index (χ0) is 22.9. The van der Waals surface area contributed by atoms with Gasteiger partial charge in [0.05, 0.1) is 0 Å². The number of nitrogens with zero attached hydrogens (tertiary/aromatic N) is 3. The first kappa shape index (κ1) is 27.5. The number of rotatable bonds is 10. The number of hydrogen-bond acceptors (Lipinski definition) is 4. The molecule has 1 atom stereocenters. The fourth-order valence-electron chi connectivity index (χ4n) is 2.19. The van der Waals surface area contributed by atoms with Crippen molar-refractivity contribution in [3.05, 3.63) is 60.2 Å². The van der Waals surface area contributed by atoms with Crippen LogP contribution in [0.4, 0.5) is 5.82 Å². The first-order valence-corrected chi connectivity index (χ1v) is 11.1. The monoisotopic (exact) mass is 410 g/mol. The van der Waals surface area contributed by atoms with Gasteiger partial charge in [0.2, 0.25) is 0 Å². The lowest BCUT2D eigenvalue weighted by Gasteiger charge is -2.19. The third kappa shape index (κ3) is 12.2. The van der Waals surface area contributed by atoms with Crippen LogP contribution in [0.1, 0.15) is 86.9 Å². The third-order valence-corrected chi connectivity index (χ3v) is 4.51. The van der Waals surface area contributed by atoms with Crippen molar-refractivity contribution in [1.82, 2.24) is 9.97 Å². The molecule has 0 saturated heterocycles. The van der Waals surface area contributed by atoms with Gasteiger partial charge in [-0.3, -0.25) is 4.99 Å². The van der Waals surface area contributed by atoms with E-state index in [1.54, 1.807) is 6.20 Å². The molecule has 4 heteroatoms. The summed E-state index contributed by atoms with van der Waals surface area (Å²) in [4.78, 5) is 13.5. The Labute approximate surface area is 185 Å². The standard InChI is InChI=1S/C22H32N4.C4H10/c1-8-10-20(16(3)4)25-21-13-14-23-22(26-21)18(6)15-24-19(7)12-11-17(5)9-2;1-3-4-2/h9,11-15,20H,3,8,10H2,1-2,4-7H3,(H,23,25,26);3-4H2,1-2H3/b12-11-,17-9-,18-15+,24-19+;. The Balaban J connectivity index is 0.00000192. The van der Waals surface area contributed by atoms with Crippen LogP contribution in [0.5, 0.6) is 0 Å². The molecule has 0 bridgehead atoms. The van der Waals surface area contributed by atoms with Gasteiger partial charge in [-0.2, -0.15) is 0 Å². The number of hydrogen-bond donors (Lipinski definition) is 1. The van der Waals surface area contributed by atoms with E-state index in [1.165, 1.54) is 18.4 Å². The molecule has 1 heterocycles. The van der Waals surface area contributed by atoms with E-state index in [2.05, 4.69) is 66.7 Å². The molecule has 0 aliphatic heterocycles. The van der Waals surface area contributed by atoms with Crippen molar-refractivity contribution in [1.29, 1.82) is 0 Å². The minimum atomic E-state index is 0.229. The van der Waals surface area contributed by atoms with Gasteiger partial charge in [-0.25, -0.2) is 9.97 Å². The quantitative estimate of drug-likeness (QED) is 0.243. The SMILES string of the molecule is C=C(C)C(CCC)Nc1ccnc(/C(C)=C/N=C(C)/C=C\C(C)=C/C)n1.CCCC. The van der Waals surface area contributed by atoms with E-state index < -0.39 is 0 Å². The summed E-state index contributed by atoms with van der Waals surface area (Å²) in [6.07, 6.45) is 14.5. The summed E-state index contributed by atoms with van der Waals surface area (Å²) in [6.45, 7) is 20.7. The van der Waals surface area contributed by atoms with Gasteiger partial charge < -0.3 is 5.32 Å². The van der Waals surface area contributed by atoms with Crippen molar-refractivity contribution in [3.63, 3.8) is 0 Å². The lowest BCUT2D eigenvalue weighted by Crippen LogP contribution is -2.21. The Kier molecular flexibility index (Phi) is 15.0. The van der Waals surface area contributed by atoms with E-state index in [1.807, 2.05) is 46.0 Å². The molecule has 1 unspecified atom stereocenters. The highest BCUT2D eigenvalue weighted by atomic mass is 15.0. The Hall–Kier alpha value is -2.49. The van der Waals surface area contributed by atoms with Crippen molar-refractivity contribution < 1.29 is 0 Å². The van der Waals surface area contributed by atoms with Crippen LogP contribution in [0.15, 0.2) is 59.4 Å². The molecule has 1 aromatic rings. The molecule has 0 fully saturated rings. The zero-order valence-corrected chi connectivity index (χ0v) is 20.4. The maximum absolute atomic E-state index is 4.61. The summed E-state index contributed by atoms with van der Waals surface area (Å²) in [6, 6.07) is 2.12. The second-order valence-electron chi connectivity index (χ2n) is 7.55. The molecule has 0 aliphatic carbocycles. The van der Waals surface area contributed by atoms with Gasteiger partial charge >= 0.3 is 0 Å². The summed E-state index contributed by atoms with van der Waals surface area (Å²) in [5.41, 5.74) is 4.18. The van der Waals surface area contributed by atoms with Crippen LogP contribution < -0.4 is 5.32 Å². The van der Waals surface area contributed by atoms with Crippen LogP contribution in [0.25, 0.3) is 5.57 Å². The van der Waals surface area contributed by atoms with E-state index in [4.69, 9.17) is 0 Å². The number of anilines is 1. The topological polar surface area (TPSA) is 50.2 Å². The molecule has 0 saturated carbocycles. The van der Waals surface area contributed by atoms with Gasteiger partial charge in [0.25, 0.3) is 0 Å². The van der Waals surface area contributed by atoms with Crippen LogP contribution in [-0.2, 0) is 0 Å². The minimum absolute atomic E-state index is 0.229. The molecule has 1 rings (SSSR count). The molecule has 0 aromatic carbocycles. The Morgan fingerprint density at radius 2 is 1.77 bits per heavy atom. The number of unbranched alkanes of at least 4 members (excludes halogenated alkanes) is 1. The molecule has 0 radical (unpaired) electrons. The predicted molar refractivity (Wildman–Crippen MR) is 135 cm³/mol. The summed E-state index contributed by atoms with van der Waals surface area (Å²) in [7, 11) is 0. The van der Waals surface area contributed by atoms with Crippen LogP contribution >= 0.6 is 0 Å². The first-order valence-electron chi connectivity index (χ1n) is 11.1. The van der Waals surface area contributed by atoms with Crippen molar-refractivity contribution in [2.45, 2.75) is 87.1 Å². The average molecular weight is 411 g/mol. The molecule has 0 amide bonds. The second-order valence-corrected chi connectivity index (χ2v) is 7.55. The fourth-order valence-corrected chi connectivity index (χ4v) is 2.19. The van der Waals surface area contributed by atoms with Gasteiger partial charge in [-0.1, -0.05) is 69.9 Å². The van der Waals surface area contributed by atoms with Gasteiger partial charge in [-0.05, 0) is 53.2 Å². The second kappa shape index (κ2) is 16.3. The van der Waals surface area contributed by atoms with Crippen LogP contribution in [0.2, 0.25) is 0 Å². The number of aliphatic imine (C=N–C) groups is 1. The summed E-state index contributed by atoms with van der Waals surface area (Å²) in [5.74, 6) is 1.49. The molecule has 166 valence electrons. The van der Waals surface area contributed by atoms with Crippen LogP contribution in [-0.4, -0.2) is 21.7 Å². The highest BCUT2D eigenvalue weighted by Crippen LogP contribution is 2.16. The maximum Gasteiger partial charge on any atom is 0.158 e. The molecule has 1 aromatic heterocycles. The van der Waals surface area contributed by atoms with Gasteiger partial charge in [0.1, 0.15) is 5.82 Å². The van der Waals surface area contributed by atoms with E-state index in [9.17, 15) is 0 Å². The van der Waals surface area contributed by atoms with Gasteiger partial charge in [0, 0.05) is 29.7 Å². The molecular formula is C26H42N4. The Bertz CT molecular complexity index is 752. The van der Waals surface area contributed by atoms with Crippen molar-refractivity contribution in [2.24, 2.45) is 4.99 Å². The predicted octanol–water partition coefficient (Wildman–Crippen LogP) is 7.78. The minimum Gasteiger partial charge on any atom is -0.364 e. The first-order chi connectivity index (χ1) is 14.3. The normalized spacial score (nSPS) is 13.7. The lowest BCUT2D eigenvalue weighted by molar-refractivity contribution is 0.708. The smallest absolute Gasteiger partial charge is 0.158 e. The largest absolute Gasteiger partial charge is 0.364 e. The molecule has 30 heavy (non-hydrogen) atoms. The zero-order valence-electron chi connectivity index (χ0n) is 20.4. The van der Waals surface area contributed by atoms with Crippen molar-refractivity contribution in [2.75, 3.05) is 5.32 Å². The Morgan fingerprint density at radius 1 is 1.10 bits per heavy atom. The van der Waals surface area contributed by atoms with Crippen LogP contribution in [0, 0.1) is 0 Å². The summed E-state index contributed by atoms with van der Waals surface area (Å²) < 4.78 is 0. The van der Waals surface area contributed by atoms with Gasteiger partial charge in [0.15, 0.2) is 5.82 Å². The summed E-state index contributed by atoms with van der Waals surface area (Å²) >= 11 is 0. The van der Waals surface area contributed by atoms with Crippen LogP contribution in [0.3, 0.4) is 0 Å². The van der Waals surface area contributed by atoms with E-state index in [0.29, 0.717) is 5.82 Å². The molecule has 0 spiro atoms. The number of aromatic nitrogens is 2. The fraction of sp³-hybridized carbons (Fsp3) is 0.500. The molecule has 4 nitrogen and oxygen atoms in total. The van der Waals surface area contributed by atoms with Crippen molar-refractivity contribution >= 4 is 17.1 Å². The lowest BCUT2D eigenvalue weighted by atomic mass is 10.1. The van der Waals surface area contributed by atoms with E-state index >= 15 is 0 Å².